The van der Waals surface area contributed by atoms with Gasteiger partial charge in [-0.05, 0) is 69.9 Å². The fraction of sp³-hybridized carbons (Fsp3) is 0.393. The zero-order chi connectivity index (χ0) is 27.6. The number of nitrogens with zero attached hydrogens (tertiary/aromatic N) is 5. The van der Waals surface area contributed by atoms with Crippen LogP contribution in [0.2, 0.25) is 0 Å². The summed E-state index contributed by atoms with van der Waals surface area (Å²) >= 11 is 0. The molecular formula is C28H31FN8O2. The van der Waals surface area contributed by atoms with E-state index >= 15 is 0 Å². The molecule has 0 aromatic carbocycles. The fourth-order valence-corrected chi connectivity index (χ4v) is 4.93. The number of halogens is 1. The van der Waals surface area contributed by atoms with Crippen LogP contribution in [0.4, 0.5) is 10.1 Å². The third-order valence-corrected chi connectivity index (χ3v) is 7.28. The maximum absolute atomic E-state index is 14.3. The van der Waals surface area contributed by atoms with Crippen molar-refractivity contribution in [2.75, 3.05) is 11.9 Å². The van der Waals surface area contributed by atoms with E-state index in [2.05, 4.69) is 37.0 Å². The number of hydrogen-bond acceptors (Lipinski definition) is 7. The molecule has 5 rings (SSSR count). The lowest BCUT2D eigenvalue weighted by molar-refractivity contribution is -0.00177. The Morgan fingerprint density at radius 2 is 2.05 bits per heavy atom. The summed E-state index contributed by atoms with van der Waals surface area (Å²) in [5.41, 5.74) is 2.88. The SMILES string of the molecule is CC(C)(O)C(F)CNC(=O)c1cnc(-c2ccc3cc(C#N)cnn23)cc1NC1CCC(c2cc[nH]n2)CC1. The molecule has 0 radical (unpaired) electrons. The summed E-state index contributed by atoms with van der Waals surface area (Å²) in [4.78, 5) is 17.7. The first-order chi connectivity index (χ1) is 18.7. The molecule has 4 N–H and O–H groups in total. The van der Waals surface area contributed by atoms with Crippen molar-refractivity contribution >= 4 is 17.1 Å². The maximum atomic E-state index is 14.3. The number of pyridine rings is 1. The number of nitriles is 1. The molecule has 202 valence electrons. The molecule has 1 aliphatic carbocycles. The summed E-state index contributed by atoms with van der Waals surface area (Å²) in [5.74, 6) is -0.0877. The molecule has 1 fully saturated rings. The van der Waals surface area contributed by atoms with Gasteiger partial charge in [-0.25, -0.2) is 8.91 Å². The second-order valence-electron chi connectivity index (χ2n) is 10.5. The molecule has 4 aromatic heterocycles. The molecule has 0 bridgehead atoms. The molecule has 4 aromatic rings. The zero-order valence-electron chi connectivity index (χ0n) is 21.9. The van der Waals surface area contributed by atoms with Crippen molar-refractivity contribution in [1.29, 1.82) is 5.26 Å². The number of aromatic amines is 1. The summed E-state index contributed by atoms with van der Waals surface area (Å²) in [6.45, 7) is 2.40. The van der Waals surface area contributed by atoms with Crippen molar-refractivity contribution in [2.45, 2.75) is 63.3 Å². The van der Waals surface area contributed by atoms with Gasteiger partial charge in [0.1, 0.15) is 12.2 Å². The topological polar surface area (TPSA) is 144 Å². The maximum Gasteiger partial charge on any atom is 0.255 e. The molecule has 1 amide bonds. The number of anilines is 1. The van der Waals surface area contributed by atoms with Gasteiger partial charge < -0.3 is 15.7 Å². The Morgan fingerprint density at radius 1 is 1.26 bits per heavy atom. The van der Waals surface area contributed by atoms with E-state index in [9.17, 15) is 19.6 Å². The lowest BCUT2D eigenvalue weighted by atomic mass is 9.84. The number of fused-ring (bicyclic) bond motifs is 1. The average Bonchev–Trinajstić information content (AvgIpc) is 3.61. The summed E-state index contributed by atoms with van der Waals surface area (Å²) in [6.07, 6.45) is 6.90. The quantitative estimate of drug-likeness (QED) is 0.270. The molecule has 0 spiro atoms. The van der Waals surface area contributed by atoms with Gasteiger partial charge in [-0.2, -0.15) is 15.5 Å². The Labute approximate surface area is 225 Å². The van der Waals surface area contributed by atoms with Crippen LogP contribution >= 0.6 is 0 Å². The van der Waals surface area contributed by atoms with Crippen molar-refractivity contribution < 1.29 is 14.3 Å². The van der Waals surface area contributed by atoms with Crippen LogP contribution in [0.15, 0.2) is 48.9 Å². The van der Waals surface area contributed by atoms with Crippen LogP contribution < -0.4 is 10.6 Å². The first-order valence-electron chi connectivity index (χ1n) is 13.0. The summed E-state index contributed by atoms with van der Waals surface area (Å²) in [7, 11) is 0. The third-order valence-electron chi connectivity index (χ3n) is 7.28. The van der Waals surface area contributed by atoms with Crippen LogP contribution in [-0.4, -0.2) is 60.2 Å². The molecule has 11 heteroatoms. The molecule has 1 saturated carbocycles. The third kappa shape index (κ3) is 5.76. The van der Waals surface area contributed by atoms with Gasteiger partial charge in [0.05, 0.1) is 57.8 Å². The number of hydrogen-bond donors (Lipinski definition) is 4. The van der Waals surface area contributed by atoms with Crippen molar-refractivity contribution in [3.63, 3.8) is 0 Å². The van der Waals surface area contributed by atoms with E-state index < -0.39 is 17.7 Å². The second kappa shape index (κ2) is 10.8. The number of amides is 1. The van der Waals surface area contributed by atoms with Gasteiger partial charge in [-0.15, -0.1) is 0 Å². The van der Waals surface area contributed by atoms with Gasteiger partial charge in [0.25, 0.3) is 5.91 Å². The van der Waals surface area contributed by atoms with Crippen LogP contribution in [0.25, 0.3) is 16.9 Å². The van der Waals surface area contributed by atoms with Crippen molar-refractivity contribution in [2.24, 2.45) is 0 Å². The van der Waals surface area contributed by atoms with Gasteiger partial charge in [-0.1, -0.05) is 0 Å². The van der Waals surface area contributed by atoms with E-state index in [1.807, 2.05) is 24.4 Å². The largest absolute Gasteiger partial charge is 0.387 e. The minimum absolute atomic E-state index is 0.132. The molecule has 1 aliphatic rings. The molecule has 4 heterocycles. The van der Waals surface area contributed by atoms with Crippen LogP contribution in [0.1, 0.15) is 67.1 Å². The molecule has 0 saturated heterocycles. The van der Waals surface area contributed by atoms with Crippen LogP contribution in [0.5, 0.6) is 0 Å². The Bertz CT molecular complexity index is 1490. The van der Waals surface area contributed by atoms with Crippen LogP contribution in [0, 0.1) is 11.3 Å². The smallest absolute Gasteiger partial charge is 0.255 e. The van der Waals surface area contributed by atoms with E-state index in [4.69, 9.17) is 0 Å². The predicted molar refractivity (Wildman–Crippen MR) is 144 cm³/mol. The zero-order valence-corrected chi connectivity index (χ0v) is 21.9. The summed E-state index contributed by atoms with van der Waals surface area (Å²) in [5, 5.41) is 36.8. The minimum Gasteiger partial charge on any atom is -0.387 e. The highest BCUT2D eigenvalue weighted by molar-refractivity contribution is 6.00. The van der Waals surface area contributed by atoms with E-state index in [0.717, 1.165) is 36.9 Å². The normalized spacial score (nSPS) is 18.4. The predicted octanol–water partition coefficient (Wildman–Crippen LogP) is 3.97. The van der Waals surface area contributed by atoms with Crippen molar-refractivity contribution in [3.8, 4) is 17.5 Å². The van der Waals surface area contributed by atoms with E-state index in [1.54, 1.807) is 16.6 Å². The Morgan fingerprint density at radius 3 is 2.74 bits per heavy atom. The molecule has 10 nitrogen and oxygen atoms in total. The van der Waals surface area contributed by atoms with Gasteiger partial charge in [0.15, 0.2) is 0 Å². The highest BCUT2D eigenvalue weighted by Crippen LogP contribution is 2.34. The Balaban J connectivity index is 1.41. The molecule has 1 unspecified atom stereocenters. The number of carbonyl (C=O) groups is 1. The number of alkyl halides is 1. The van der Waals surface area contributed by atoms with E-state index in [0.29, 0.717) is 28.6 Å². The molecular weight excluding hydrogens is 499 g/mol. The monoisotopic (exact) mass is 530 g/mol. The first kappa shape index (κ1) is 26.3. The van der Waals surface area contributed by atoms with E-state index in [1.165, 1.54) is 26.2 Å². The standard InChI is InChI=1S/C28H31FN8O2/c1-28(2,39)26(29)16-32-27(38)21-15-31-24(25-8-7-20-11-17(13-30)14-34-37(20)25)12-23(21)35-19-5-3-18(4-6-19)22-9-10-33-36-22/h7-12,14-15,18-19,26,39H,3-6,16H2,1-2H3,(H,31,35)(H,32,38)(H,33,36). The molecule has 0 aliphatic heterocycles. The number of aromatic nitrogens is 5. The van der Waals surface area contributed by atoms with E-state index in [-0.39, 0.29) is 18.2 Å². The van der Waals surface area contributed by atoms with Crippen LogP contribution in [0.3, 0.4) is 0 Å². The number of H-pyrrole nitrogens is 1. The number of aliphatic hydroxyl groups is 1. The number of nitrogens with one attached hydrogen (secondary N) is 3. The fourth-order valence-electron chi connectivity index (χ4n) is 4.93. The Kier molecular flexibility index (Phi) is 7.30. The highest BCUT2D eigenvalue weighted by Gasteiger charge is 2.28. The Hall–Kier alpha value is -4.30. The lowest BCUT2D eigenvalue weighted by Gasteiger charge is -2.29. The minimum atomic E-state index is -1.63. The van der Waals surface area contributed by atoms with Gasteiger partial charge >= 0.3 is 0 Å². The lowest BCUT2D eigenvalue weighted by Crippen LogP contribution is -2.42. The van der Waals surface area contributed by atoms with Crippen molar-refractivity contribution in [1.82, 2.24) is 30.1 Å². The number of carbonyl (C=O) groups excluding carboxylic acids is 1. The number of rotatable bonds is 8. The highest BCUT2D eigenvalue weighted by atomic mass is 19.1. The van der Waals surface area contributed by atoms with Crippen LogP contribution in [-0.2, 0) is 0 Å². The summed E-state index contributed by atoms with van der Waals surface area (Å²) < 4.78 is 16.0. The first-order valence-corrected chi connectivity index (χ1v) is 13.0. The summed E-state index contributed by atoms with van der Waals surface area (Å²) in [6, 6.07) is 11.5. The van der Waals surface area contributed by atoms with Gasteiger partial charge in [0, 0.05) is 24.4 Å². The van der Waals surface area contributed by atoms with Gasteiger partial charge in [-0.3, -0.25) is 14.9 Å². The van der Waals surface area contributed by atoms with Crippen molar-refractivity contribution in [3.05, 3.63) is 65.7 Å². The second-order valence-corrected chi connectivity index (χ2v) is 10.5. The van der Waals surface area contributed by atoms with Gasteiger partial charge in [0.2, 0.25) is 0 Å². The molecule has 1 atom stereocenters. The average molecular weight is 531 g/mol. The molecule has 39 heavy (non-hydrogen) atoms.